The monoisotopic (exact) mass is 418 g/mol. The molecule has 0 radical (unpaired) electrons. The van der Waals surface area contributed by atoms with Gasteiger partial charge < -0.3 is 20.9 Å². The van der Waals surface area contributed by atoms with Crippen molar-refractivity contribution < 1.29 is 22.7 Å². The smallest absolute Gasteiger partial charge is 0.255 e. The number of hydrogen-bond donors (Lipinski definition) is 2. The van der Waals surface area contributed by atoms with E-state index in [4.69, 9.17) is 20.9 Å². The number of hydrogen-bond acceptors (Lipinski definition) is 6. The largest absolute Gasteiger partial charge is 0.487 e. The van der Waals surface area contributed by atoms with Gasteiger partial charge in [0.05, 0.1) is 4.90 Å². The molecule has 2 unspecified atom stereocenters. The number of rotatable bonds is 6. The zero-order valence-electron chi connectivity index (χ0n) is 16.7. The van der Waals surface area contributed by atoms with Gasteiger partial charge in [-0.15, -0.1) is 0 Å². The minimum Gasteiger partial charge on any atom is -0.487 e. The van der Waals surface area contributed by atoms with Crippen molar-refractivity contribution in [3.8, 4) is 11.5 Å². The first kappa shape index (κ1) is 21.1. The molecule has 29 heavy (non-hydrogen) atoms. The summed E-state index contributed by atoms with van der Waals surface area (Å²) < 4.78 is 37.7. The highest BCUT2D eigenvalue weighted by Gasteiger charge is 2.41. The van der Waals surface area contributed by atoms with Crippen LogP contribution in [0.5, 0.6) is 11.5 Å². The summed E-state index contributed by atoms with van der Waals surface area (Å²) in [7, 11) is -3.75. The van der Waals surface area contributed by atoms with Crippen molar-refractivity contribution in [2.45, 2.75) is 49.0 Å². The highest BCUT2D eigenvalue weighted by molar-refractivity contribution is 7.92. The Hall–Kier alpha value is -2.58. The van der Waals surface area contributed by atoms with Crippen LogP contribution < -0.4 is 20.9 Å². The molecule has 3 rings (SSSR count). The second-order valence-electron chi connectivity index (χ2n) is 7.95. The molecular weight excluding hydrogens is 392 g/mol. The fraction of sp³-hybridized carbons (Fsp3) is 0.381. The topological polar surface area (TPSA) is 122 Å². The summed E-state index contributed by atoms with van der Waals surface area (Å²) in [5, 5.41) is -1.13. The lowest BCUT2D eigenvalue weighted by Crippen LogP contribution is -2.44. The Kier molecular flexibility index (Phi) is 5.60. The molecule has 1 amide bonds. The Bertz CT molecular complexity index is 1020. The summed E-state index contributed by atoms with van der Waals surface area (Å²) in [5.41, 5.74) is 12.5. The second kappa shape index (κ2) is 7.68. The van der Waals surface area contributed by atoms with Crippen LogP contribution in [-0.4, -0.2) is 31.9 Å². The maximum Gasteiger partial charge on any atom is 0.255 e. The van der Waals surface area contributed by atoms with Crippen LogP contribution in [-0.2, 0) is 14.6 Å². The molecule has 8 heteroatoms. The Morgan fingerprint density at radius 2 is 1.90 bits per heavy atom. The molecule has 156 valence electrons. The van der Waals surface area contributed by atoms with Gasteiger partial charge in [0, 0.05) is 17.5 Å². The molecule has 2 aromatic carbocycles. The molecule has 1 heterocycles. The normalized spacial score (nSPS) is 19.0. The Morgan fingerprint density at radius 3 is 2.52 bits per heavy atom. The van der Waals surface area contributed by atoms with Gasteiger partial charge in [-0.1, -0.05) is 23.8 Å². The Labute approximate surface area is 170 Å². The average Bonchev–Trinajstić information content (AvgIpc) is 2.64. The summed E-state index contributed by atoms with van der Waals surface area (Å²) in [4.78, 5) is 11.2. The minimum atomic E-state index is -3.75. The van der Waals surface area contributed by atoms with Crippen LogP contribution in [0.4, 0.5) is 0 Å². The fourth-order valence-electron chi connectivity index (χ4n) is 3.53. The molecule has 7 nitrogen and oxygen atoms in total. The van der Waals surface area contributed by atoms with Crippen LogP contribution in [0.1, 0.15) is 37.3 Å². The van der Waals surface area contributed by atoms with Gasteiger partial charge in [0.1, 0.15) is 22.5 Å². The molecule has 0 fully saturated rings. The number of ether oxygens (including phenoxy) is 2. The fourth-order valence-corrected chi connectivity index (χ4v) is 5.03. The zero-order chi connectivity index (χ0) is 21.4. The van der Waals surface area contributed by atoms with Gasteiger partial charge in [-0.2, -0.15) is 0 Å². The lowest BCUT2D eigenvalue weighted by molar-refractivity contribution is -0.119. The van der Waals surface area contributed by atoms with E-state index in [1.165, 1.54) is 0 Å². The number of benzene rings is 2. The van der Waals surface area contributed by atoms with E-state index in [-0.39, 0.29) is 11.5 Å². The summed E-state index contributed by atoms with van der Waals surface area (Å²) >= 11 is 0. The van der Waals surface area contributed by atoms with Crippen molar-refractivity contribution in [2.24, 2.45) is 11.5 Å². The van der Waals surface area contributed by atoms with E-state index in [0.29, 0.717) is 23.5 Å². The lowest BCUT2D eigenvalue weighted by atomic mass is 9.84. The van der Waals surface area contributed by atoms with Crippen LogP contribution in [0.25, 0.3) is 0 Å². The molecule has 0 bridgehead atoms. The molecule has 0 aromatic heterocycles. The molecule has 0 saturated heterocycles. The van der Waals surface area contributed by atoms with Crippen molar-refractivity contribution in [1.29, 1.82) is 0 Å². The number of carbonyl (C=O) groups excluding carboxylic acids is 1. The van der Waals surface area contributed by atoms with E-state index >= 15 is 0 Å². The number of amides is 1. The van der Waals surface area contributed by atoms with E-state index in [2.05, 4.69) is 0 Å². The maximum absolute atomic E-state index is 13.2. The van der Waals surface area contributed by atoms with Crippen molar-refractivity contribution in [3.05, 3.63) is 53.6 Å². The summed E-state index contributed by atoms with van der Waals surface area (Å²) in [6, 6.07) is 11.7. The van der Waals surface area contributed by atoms with Gasteiger partial charge in [-0.25, -0.2) is 8.42 Å². The number of primary amides is 1. The summed E-state index contributed by atoms with van der Waals surface area (Å²) in [5.74, 6) is -0.157. The van der Waals surface area contributed by atoms with E-state index in [1.807, 2.05) is 20.8 Å². The van der Waals surface area contributed by atoms with E-state index < -0.39 is 32.6 Å². The number of aryl methyl sites for hydroxylation is 1. The lowest BCUT2D eigenvalue weighted by Gasteiger charge is -2.39. The third kappa shape index (κ3) is 4.54. The van der Waals surface area contributed by atoms with Crippen LogP contribution in [0.15, 0.2) is 47.4 Å². The van der Waals surface area contributed by atoms with Gasteiger partial charge in [0.2, 0.25) is 0 Å². The van der Waals surface area contributed by atoms with Crippen molar-refractivity contribution in [1.82, 2.24) is 0 Å². The molecule has 0 saturated carbocycles. The first-order chi connectivity index (χ1) is 13.5. The number of nitrogens with two attached hydrogens (primary N) is 2. The molecular formula is C21H26N2O5S. The molecule has 1 aliphatic rings. The van der Waals surface area contributed by atoms with Gasteiger partial charge in [0.25, 0.3) is 5.91 Å². The van der Waals surface area contributed by atoms with Crippen LogP contribution in [0, 0.1) is 6.92 Å². The highest BCUT2D eigenvalue weighted by atomic mass is 32.2. The highest BCUT2D eigenvalue weighted by Crippen LogP contribution is 2.45. The Morgan fingerprint density at radius 1 is 1.24 bits per heavy atom. The molecule has 0 aliphatic carbocycles. The standard InChI is InChI=1S/C21H26N2O5S/c1-13-4-7-15(8-5-13)29(25,26)20(23)17-11-21(2,3)28-18-10-14(6-9-16(17)18)27-12-19(22)24/h4-10,17,20H,11-12,23H2,1-3H3,(H2,22,24). The van der Waals surface area contributed by atoms with Gasteiger partial charge >= 0.3 is 0 Å². The average molecular weight is 419 g/mol. The first-order valence-electron chi connectivity index (χ1n) is 9.30. The first-order valence-corrected chi connectivity index (χ1v) is 10.8. The van der Waals surface area contributed by atoms with Crippen molar-refractivity contribution in [3.63, 3.8) is 0 Å². The minimum absolute atomic E-state index is 0.197. The maximum atomic E-state index is 13.2. The van der Waals surface area contributed by atoms with Crippen LogP contribution in [0.3, 0.4) is 0 Å². The van der Waals surface area contributed by atoms with Gasteiger partial charge in [0.15, 0.2) is 16.4 Å². The predicted molar refractivity (Wildman–Crippen MR) is 110 cm³/mol. The molecule has 0 spiro atoms. The number of carbonyl (C=O) groups is 1. The number of sulfone groups is 1. The predicted octanol–water partition coefficient (Wildman–Crippen LogP) is 2.26. The van der Waals surface area contributed by atoms with E-state index in [0.717, 1.165) is 5.56 Å². The van der Waals surface area contributed by atoms with Crippen molar-refractivity contribution >= 4 is 15.7 Å². The second-order valence-corrected chi connectivity index (χ2v) is 10.1. The van der Waals surface area contributed by atoms with E-state index in [1.54, 1.807) is 42.5 Å². The molecule has 2 aromatic rings. The van der Waals surface area contributed by atoms with Crippen LogP contribution in [0.2, 0.25) is 0 Å². The third-order valence-corrected chi connectivity index (χ3v) is 6.94. The molecule has 4 N–H and O–H groups in total. The molecule has 2 atom stereocenters. The quantitative estimate of drug-likeness (QED) is 0.742. The van der Waals surface area contributed by atoms with Crippen LogP contribution >= 0.6 is 0 Å². The third-order valence-electron chi connectivity index (χ3n) is 4.97. The summed E-state index contributed by atoms with van der Waals surface area (Å²) in [6.07, 6.45) is 0.438. The Balaban J connectivity index is 1.97. The SMILES string of the molecule is Cc1ccc(S(=O)(=O)C(N)C2CC(C)(C)Oc3cc(OCC(N)=O)ccc32)cc1. The molecule has 1 aliphatic heterocycles. The van der Waals surface area contributed by atoms with Gasteiger partial charge in [-0.3, -0.25) is 4.79 Å². The zero-order valence-corrected chi connectivity index (χ0v) is 17.5. The summed E-state index contributed by atoms with van der Waals surface area (Å²) in [6.45, 7) is 5.40. The number of fused-ring (bicyclic) bond motifs is 1. The van der Waals surface area contributed by atoms with Crippen molar-refractivity contribution in [2.75, 3.05) is 6.61 Å². The van der Waals surface area contributed by atoms with E-state index in [9.17, 15) is 13.2 Å². The van der Waals surface area contributed by atoms with Gasteiger partial charge in [-0.05, 0) is 45.4 Å².